The first-order valence-corrected chi connectivity index (χ1v) is 8.73. The Morgan fingerprint density at radius 3 is 2.56 bits per heavy atom. The molecule has 2 aromatic carbocycles. The van der Waals surface area contributed by atoms with Gasteiger partial charge < -0.3 is 19.4 Å². The van der Waals surface area contributed by atoms with Crippen LogP contribution < -0.4 is 9.64 Å². The summed E-state index contributed by atoms with van der Waals surface area (Å²) in [5.74, 6) is 0.369. The zero-order chi connectivity index (χ0) is 19.1. The van der Waals surface area contributed by atoms with Crippen molar-refractivity contribution in [1.82, 2.24) is 4.90 Å². The Bertz CT molecular complexity index is 787. The topological polar surface area (TPSA) is 54.4 Å². The Labute approximate surface area is 157 Å². The van der Waals surface area contributed by atoms with E-state index >= 15 is 0 Å². The Balaban J connectivity index is 1.42. The molecular formula is C20H22FN3O3. The van der Waals surface area contributed by atoms with Gasteiger partial charge in [0, 0.05) is 31.9 Å². The SMILES string of the molecule is COc1ccc(N2CCN(C(=O)CO/N=C\c3cccc(F)c3)CC2)cc1. The highest BCUT2D eigenvalue weighted by atomic mass is 19.1. The Morgan fingerprint density at radius 1 is 1.15 bits per heavy atom. The number of carbonyl (C=O) groups is 1. The predicted octanol–water partition coefficient (Wildman–Crippen LogP) is 2.53. The fourth-order valence-electron chi connectivity index (χ4n) is 2.88. The van der Waals surface area contributed by atoms with Gasteiger partial charge in [-0.05, 0) is 42.0 Å². The van der Waals surface area contributed by atoms with Gasteiger partial charge in [-0.15, -0.1) is 0 Å². The lowest BCUT2D eigenvalue weighted by Gasteiger charge is -2.35. The predicted molar refractivity (Wildman–Crippen MR) is 102 cm³/mol. The van der Waals surface area contributed by atoms with E-state index in [9.17, 15) is 9.18 Å². The van der Waals surface area contributed by atoms with Crippen LogP contribution in [0.25, 0.3) is 0 Å². The number of rotatable bonds is 6. The molecule has 2 aromatic rings. The van der Waals surface area contributed by atoms with Gasteiger partial charge in [-0.25, -0.2) is 4.39 Å². The number of nitrogens with zero attached hydrogens (tertiary/aromatic N) is 3. The summed E-state index contributed by atoms with van der Waals surface area (Å²) in [5, 5.41) is 3.73. The molecule has 3 rings (SSSR count). The van der Waals surface area contributed by atoms with E-state index in [1.807, 2.05) is 24.3 Å². The van der Waals surface area contributed by atoms with Crippen LogP contribution in [0.15, 0.2) is 53.7 Å². The molecule has 0 bridgehead atoms. The summed E-state index contributed by atoms with van der Waals surface area (Å²) in [6.45, 7) is 2.63. The first-order chi connectivity index (χ1) is 13.2. The van der Waals surface area contributed by atoms with E-state index in [1.54, 1.807) is 24.1 Å². The zero-order valence-electron chi connectivity index (χ0n) is 15.2. The maximum Gasteiger partial charge on any atom is 0.263 e. The molecule has 0 aliphatic carbocycles. The summed E-state index contributed by atoms with van der Waals surface area (Å²) in [7, 11) is 1.64. The molecule has 27 heavy (non-hydrogen) atoms. The molecule has 0 aromatic heterocycles. The lowest BCUT2D eigenvalue weighted by atomic mass is 10.2. The van der Waals surface area contributed by atoms with E-state index in [0.29, 0.717) is 18.7 Å². The van der Waals surface area contributed by atoms with Gasteiger partial charge in [-0.2, -0.15) is 0 Å². The lowest BCUT2D eigenvalue weighted by Crippen LogP contribution is -2.49. The fraction of sp³-hybridized carbons (Fsp3) is 0.300. The molecule has 1 amide bonds. The number of oxime groups is 1. The van der Waals surface area contributed by atoms with Crippen LogP contribution in [0.3, 0.4) is 0 Å². The van der Waals surface area contributed by atoms with Crippen molar-refractivity contribution in [3.05, 3.63) is 59.9 Å². The van der Waals surface area contributed by atoms with Crippen molar-refractivity contribution in [2.75, 3.05) is 44.8 Å². The summed E-state index contributed by atoms with van der Waals surface area (Å²) < 4.78 is 18.2. The third-order valence-electron chi connectivity index (χ3n) is 4.38. The molecule has 0 saturated carbocycles. The Hall–Kier alpha value is -3.09. The molecule has 1 aliphatic rings. The summed E-state index contributed by atoms with van der Waals surface area (Å²) in [6.07, 6.45) is 1.39. The van der Waals surface area contributed by atoms with Crippen molar-refractivity contribution in [3.8, 4) is 5.75 Å². The highest BCUT2D eigenvalue weighted by Gasteiger charge is 2.21. The molecule has 0 N–H and O–H groups in total. The maximum absolute atomic E-state index is 13.1. The van der Waals surface area contributed by atoms with Gasteiger partial charge in [-0.1, -0.05) is 17.3 Å². The standard InChI is InChI=1S/C20H22FN3O3/c1-26-19-7-5-18(6-8-19)23-9-11-24(12-10-23)20(25)15-27-22-14-16-3-2-4-17(21)13-16/h2-8,13-14H,9-12,15H2,1H3/b22-14-. The number of carbonyl (C=O) groups excluding carboxylic acids is 1. The van der Waals surface area contributed by atoms with Crippen LogP contribution >= 0.6 is 0 Å². The highest BCUT2D eigenvalue weighted by Crippen LogP contribution is 2.20. The quantitative estimate of drug-likeness (QED) is 0.578. The molecule has 1 fully saturated rings. The van der Waals surface area contributed by atoms with Crippen LogP contribution in [-0.4, -0.2) is 56.9 Å². The number of methoxy groups -OCH3 is 1. The number of halogens is 1. The van der Waals surface area contributed by atoms with Crippen molar-refractivity contribution in [1.29, 1.82) is 0 Å². The van der Waals surface area contributed by atoms with E-state index in [4.69, 9.17) is 9.57 Å². The number of benzene rings is 2. The molecule has 0 spiro atoms. The van der Waals surface area contributed by atoms with Gasteiger partial charge in [-0.3, -0.25) is 4.79 Å². The Morgan fingerprint density at radius 2 is 1.89 bits per heavy atom. The Kier molecular flexibility index (Phi) is 6.25. The minimum atomic E-state index is -0.343. The average molecular weight is 371 g/mol. The number of ether oxygens (including phenoxy) is 1. The number of amides is 1. The van der Waals surface area contributed by atoms with E-state index < -0.39 is 0 Å². The smallest absolute Gasteiger partial charge is 0.263 e. The van der Waals surface area contributed by atoms with Crippen molar-refractivity contribution < 1.29 is 18.8 Å². The largest absolute Gasteiger partial charge is 0.497 e. The van der Waals surface area contributed by atoms with Crippen LogP contribution in [0.4, 0.5) is 10.1 Å². The number of piperazine rings is 1. The second kappa shape index (κ2) is 9.02. The average Bonchev–Trinajstić information content (AvgIpc) is 2.71. The molecule has 6 nitrogen and oxygen atoms in total. The van der Waals surface area contributed by atoms with Gasteiger partial charge in [0.05, 0.1) is 13.3 Å². The second-order valence-electron chi connectivity index (χ2n) is 6.13. The minimum absolute atomic E-state index is 0.110. The maximum atomic E-state index is 13.1. The van der Waals surface area contributed by atoms with Crippen molar-refractivity contribution in [2.24, 2.45) is 5.16 Å². The molecule has 1 saturated heterocycles. The van der Waals surface area contributed by atoms with E-state index in [0.717, 1.165) is 24.5 Å². The first-order valence-electron chi connectivity index (χ1n) is 8.73. The number of hydrogen-bond donors (Lipinski definition) is 0. The summed E-state index contributed by atoms with van der Waals surface area (Å²) in [4.78, 5) is 21.3. The molecule has 142 valence electrons. The number of anilines is 1. The first kappa shape index (κ1) is 18.7. The number of hydrogen-bond acceptors (Lipinski definition) is 5. The molecule has 0 unspecified atom stereocenters. The van der Waals surface area contributed by atoms with Crippen LogP contribution in [0.1, 0.15) is 5.56 Å². The van der Waals surface area contributed by atoms with Gasteiger partial charge >= 0.3 is 0 Å². The normalized spacial score (nSPS) is 14.4. The van der Waals surface area contributed by atoms with Crippen molar-refractivity contribution >= 4 is 17.8 Å². The summed E-state index contributed by atoms with van der Waals surface area (Å²) >= 11 is 0. The highest BCUT2D eigenvalue weighted by molar-refractivity contribution is 5.80. The molecule has 7 heteroatoms. The monoisotopic (exact) mass is 371 g/mol. The van der Waals surface area contributed by atoms with Gasteiger partial charge in [0.1, 0.15) is 11.6 Å². The summed E-state index contributed by atoms with van der Waals surface area (Å²) in [5.41, 5.74) is 1.69. The van der Waals surface area contributed by atoms with Crippen LogP contribution in [-0.2, 0) is 9.63 Å². The van der Waals surface area contributed by atoms with E-state index in [1.165, 1.54) is 18.3 Å². The van der Waals surface area contributed by atoms with Gasteiger partial charge in [0.2, 0.25) is 0 Å². The molecule has 1 heterocycles. The third-order valence-corrected chi connectivity index (χ3v) is 4.38. The molecule has 0 atom stereocenters. The van der Waals surface area contributed by atoms with E-state index in [2.05, 4.69) is 10.1 Å². The van der Waals surface area contributed by atoms with E-state index in [-0.39, 0.29) is 18.3 Å². The third kappa shape index (κ3) is 5.20. The van der Waals surface area contributed by atoms with Crippen molar-refractivity contribution in [2.45, 2.75) is 0 Å². The second-order valence-corrected chi connectivity index (χ2v) is 6.13. The van der Waals surface area contributed by atoms with Crippen LogP contribution in [0, 0.1) is 5.82 Å². The molecule has 1 aliphatic heterocycles. The minimum Gasteiger partial charge on any atom is -0.497 e. The fourth-order valence-corrected chi connectivity index (χ4v) is 2.88. The van der Waals surface area contributed by atoms with Crippen LogP contribution in [0.5, 0.6) is 5.75 Å². The zero-order valence-corrected chi connectivity index (χ0v) is 15.2. The summed E-state index contributed by atoms with van der Waals surface area (Å²) in [6, 6.07) is 13.9. The van der Waals surface area contributed by atoms with Gasteiger partial charge in [0.25, 0.3) is 5.91 Å². The lowest BCUT2D eigenvalue weighted by molar-refractivity contribution is -0.136. The van der Waals surface area contributed by atoms with Gasteiger partial charge in [0.15, 0.2) is 6.61 Å². The molecule has 0 radical (unpaired) electrons. The molecular weight excluding hydrogens is 349 g/mol. The van der Waals surface area contributed by atoms with Crippen LogP contribution in [0.2, 0.25) is 0 Å². The van der Waals surface area contributed by atoms with Crippen molar-refractivity contribution in [3.63, 3.8) is 0 Å².